The zero-order valence-electron chi connectivity index (χ0n) is 16.7. The fourth-order valence-electron chi connectivity index (χ4n) is 4.14. The summed E-state index contributed by atoms with van der Waals surface area (Å²) in [5.41, 5.74) is 2.06. The molecule has 0 N–H and O–H groups in total. The zero-order valence-corrected chi connectivity index (χ0v) is 16.7. The molecule has 1 saturated heterocycles. The summed E-state index contributed by atoms with van der Waals surface area (Å²) in [4.78, 5) is 29.5. The van der Waals surface area contributed by atoms with Crippen LogP contribution in [0.2, 0.25) is 0 Å². The molecule has 2 aliphatic rings. The van der Waals surface area contributed by atoms with Crippen molar-refractivity contribution in [3.05, 3.63) is 70.4 Å². The number of hydrogen-bond acceptors (Lipinski definition) is 3. The Kier molecular flexibility index (Phi) is 4.92. The molecule has 0 saturated carbocycles. The van der Waals surface area contributed by atoms with E-state index in [1.807, 2.05) is 30.9 Å². The Balaban J connectivity index is 1.85. The number of benzene rings is 2. The Morgan fingerprint density at radius 2 is 1.60 bits per heavy atom. The number of aryl methyl sites for hydroxylation is 2. The van der Waals surface area contributed by atoms with Crippen LogP contribution in [0.3, 0.4) is 0 Å². The van der Waals surface area contributed by atoms with Crippen molar-refractivity contribution in [2.24, 2.45) is 0 Å². The quantitative estimate of drug-likeness (QED) is 0.684. The molecule has 1 fully saturated rings. The van der Waals surface area contributed by atoms with Gasteiger partial charge >= 0.3 is 6.18 Å². The van der Waals surface area contributed by atoms with Crippen molar-refractivity contribution in [3.8, 4) is 0 Å². The van der Waals surface area contributed by atoms with Gasteiger partial charge in [0.1, 0.15) is 5.70 Å². The highest BCUT2D eigenvalue weighted by atomic mass is 19.4. The third kappa shape index (κ3) is 3.38. The minimum absolute atomic E-state index is 0.0729. The van der Waals surface area contributed by atoms with Gasteiger partial charge in [0.15, 0.2) is 0 Å². The van der Waals surface area contributed by atoms with E-state index in [1.54, 1.807) is 6.07 Å². The number of imide groups is 1. The molecule has 0 unspecified atom stereocenters. The minimum Gasteiger partial charge on any atom is -0.366 e. The minimum atomic E-state index is -4.57. The smallest absolute Gasteiger partial charge is 0.366 e. The highest BCUT2D eigenvalue weighted by Gasteiger charge is 2.44. The molecule has 4 nitrogen and oxygen atoms in total. The number of hydrogen-bond donors (Lipinski definition) is 0. The Morgan fingerprint density at radius 1 is 0.900 bits per heavy atom. The van der Waals surface area contributed by atoms with Gasteiger partial charge in [-0.15, -0.1) is 0 Å². The van der Waals surface area contributed by atoms with Crippen LogP contribution >= 0.6 is 0 Å². The first-order valence-corrected chi connectivity index (χ1v) is 9.81. The predicted molar refractivity (Wildman–Crippen MR) is 108 cm³/mol. The van der Waals surface area contributed by atoms with Gasteiger partial charge in [-0.3, -0.25) is 9.59 Å². The monoisotopic (exact) mass is 414 g/mol. The van der Waals surface area contributed by atoms with Gasteiger partial charge in [0.2, 0.25) is 0 Å². The van der Waals surface area contributed by atoms with Crippen LogP contribution in [0.1, 0.15) is 35.1 Å². The Labute approximate surface area is 172 Å². The molecule has 30 heavy (non-hydrogen) atoms. The second-order valence-corrected chi connectivity index (χ2v) is 7.73. The molecule has 2 amide bonds. The van der Waals surface area contributed by atoms with Gasteiger partial charge in [-0.2, -0.15) is 13.2 Å². The molecule has 0 bridgehead atoms. The number of carbonyl (C=O) groups is 2. The summed E-state index contributed by atoms with van der Waals surface area (Å²) >= 11 is 0. The van der Waals surface area contributed by atoms with E-state index in [4.69, 9.17) is 0 Å². The number of rotatable bonds is 3. The fourth-order valence-corrected chi connectivity index (χ4v) is 4.14. The standard InChI is InChI=1S/C23H21F3N2O2/c1-14-8-9-18(15(2)12-14)19-20(27-10-3-4-11-27)22(30)28(21(19)29)17-7-5-6-16(13-17)23(24,25)26/h5-9,12-13H,3-4,10-11H2,1-2H3. The van der Waals surface area contributed by atoms with Gasteiger partial charge in [-0.25, -0.2) is 4.90 Å². The van der Waals surface area contributed by atoms with Gasteiger partial charge < -0.3 is 4.90 Å². The summed E-state index contributed by atoms with van der Waals surface area (Å²) < 4.78 is 39.6. The van der Waals surface area contributed by atoms with E-state index in [9.17, 15) is 22.8 Å². The molecule has 0 atom stereocenters. The molecule has 156 valence electrons. The lowest BCUT2D eigenvalue weighted by Gasteiger charge is -2.20. The van der Waals surface area contributed by atoms with Crippen LogP contribution in [0.4, 0.5) is 18.9 Å². The second kappa shape index (κ2) is 7.31. The highest BCUT2D eigenvalue weighted by molar-refractivity contribution is 6.45. The molecule has 0 spiro atoms. The molecule has 0 aromatic heterocycles. The number of amides is 2. The highest BCUT2D eigenvalue weighted by Crippen LogP contribution is 2.39. The average molecular weight is 414 g/mol. The number of anilines is 1. The van der Waals surface area contributed by atoms with Crippen LogP contribution in [0.5, 0.6) is 0 Å². The maximum absolute atomic E-state index is 13.4. The molecule has 2 heterocycles. The summed E-state index contributed by atoms with van der Waals surface area (Å²) in [5.74, 6) is -1.16. The number of carbonyl (C=O) groups excluding carboxylic acids is 2. The topological polar surface area (TPSA) is 40.6 Å². The average Bonchev–Trinajstić information content (AvgIpc) is 3.28. The molecule has 2 aliphatic heterocycles. The van der Waals surface area contributed by atoms with E-state index >= 15 is 0 Å². The normalized spacial score (nSPS) is 17.5. The van der Waals surface area contributed by atoms with Gasteiger partial charge in [0, 0.05) is 13.1 Å². The maximum Gasteiger partial charge on any atom is 0.416 e. The first-order chi connectivity index (χ1) is 14.2. The van der Waals surface area contributed by atoms with Crippen LogP contribution in [0.25, 0.3) is 5.57 Å². The van der Waals surface area contributed by atoms with Crippen molar-refractivity contribution < 1.29 is 22.8 Å². The van der Waals surface area contributed by atoms with E-state index in [2.05, 4.69) is 0 Å². The SMILES string of the molecule is Cc1ccc(C2=C(N3CCCC3)C(=O)N(c3cccc(C(F)(F)F)c3)C2=O)c(C)c1. The lowest BCUT2D eigenvalue weighted by atomic mass is 9.97. The maximum atomic E-state index is 13.4. The van der Waals surface area contributed by atoms with Crippen molar-refractivity contribution >= 4 is 23.1 Å². The Morgan fingerprint density at radius 3 is 2.23 bits per heavy atom. The van der Waals surface area contributed by atoms with Gasteiger partial charge in [-0.1, -0.05) is 29.8 Å². The predicted octanol–water partition coefficient (Wildman–Crippen LogP) is 4.70. The summed E-state index contributed by atoms with van der Waals surface area (Å²) in [6, 6.07) is 9.94. The third-order valence-corrected chi connectivity index (χ3v) is 5.56. The molecule has 0 radical (unpaired) electrons. The number of alkyl halides is 3. The first kappa shape index (κ1) is 20.2. The summed E-state index contributed by atoms with van der Waals surface area (Å²) in [6.07, 6.45) is -2.77. The zero-order chi connectivity index (χ0) is 21.6. The fraction of sp³-hybridized carbons (Fsp3) is 0.304. The van der Waals surface area contributed by atoms with Crippen LogP contribution < -0.4 is 4.90 Å². The summed E-state index contributed by atoms with van der Waals surface area (Å²) in [5, 5.41) is 0. The van der Waals surface area contributed by atoms with Gasteiger partial charge in [0.05, 0.1) is 16.8 Å². The van der Waals surface area contributed by atoms with E-state index in [1.165, 1.54) is 12.1 Å². The lowest BCUT2D eigenvalue weighted by molar-refractivity contribution is -0.137. The van der Waals surface area contributed by atoms with E-state index in [-0.39, 0.29) is 17.0 Å². The molecule has 2 aromatic carbocycles. The number of likely N-dealkylation sites (tertiary alicyclic amines) is 1. The van der Waals surface area contributed by atoms with Crippen molar-refractivity contribution in [3.63, 3.8) is 0 Å². The van der Waals surface area contributed by atoms with Gasteiger partial charge in [0.25, 0.3) is 11.8 Å². The third-order valence-electron chi connectivity index (χ3n) is 5.56. The molecular formula is C23H21F3N2O2. The molecular weight excluding hydrogens is 393 g/mol. The van der Waals surface area contributed by atoms with Crippen molar-refractivity contribution in [2.75, 3.05) is 18.0 Å². The van der Waals surface area contributed by atoms with Crippen molar-refractivity contribution in [1.29, 1.82) is 0 Å². The molecule has 4 rings (SSSR count). The van der Waals surface area contributed by atoms with Crippen molar-refractivity contribution in [1.82, 2.24) is 4.90 Å². The van der Waals surface area contributed by atoms with Gasteiger partial charge in [-0.05, 0) is 56.0 Å². The number of halogens is 3. The second-order valence-electron chi connectivity index (χ2n) is 7.73. The first-order valence-electron chi connectivity index (χ1n) is 9.81. The van der Waals surface area contributed by atoms with Crippen LogP contribution in [0.15, 0.2) is 48.2 Å². The van der Waals surface area contributed by atoms with Crippen molar-refractivity contribution in [2.45, 2.75) is 32.9 Å². The Bertz CT molecular complexity index is 1070. The van der Waals surface area contributed by atoms with Crippen LogP contribution in [-0.2, 0) is 15.8 Å². The Hall–Kier alpha value is -3.09. The molecule has 0 aliphatic carbocycles. The van der Waals surface area contributed by atoms with Crippen LogP contribution in [-0.4, -0.2) is 29.8 Å². The largest absolute Gasteiger partial charge is 0.416 e. The van der Waals surface area contributed by atoms with E-state index < -0.39 is 23.6 Å². The number of nitrogens with zero attached hydrogens (tertiary/aromatic N) is 2. The molecule has 2 aromatic rings. The summed E-state index contributed by atoms with van der Waals surface area (Å²) in [7, 11) is 0. The van der Waals surface area contributed by atoms with Crippen LogP contribution in [0, 0.1) is 13.8 Å². The lowest BCUT2D eigenvalue weighted by Crippen LogP contribution is -2.34. The molecule has 7 heteroatoms. The van der Waals surface area contributed by atoms with E-state index in [0.29, 0.717) is 18.7 Å². The van der Waals surface area contributed by atoms with E-state index in [0.717, 1.165) is 41.0 Å². The summed E-state index contributed by atoms with van der Waals surface area (Å²) in [6.45, 7) is 5.07.